The van der Waals surface area contributed by atoms with E-state index in [2.05, 4.69) is 102 Å². The van der Waals surface area contributed by atoms with Gasteiger partial charge in [-0.05, 0) is 42.8 Å². The maximum absolute atomic E-state index is 5.01. The highest BCUT2D eigenvalue weighted by Gasteiger charge is 2.19. The number of benzene rings is 4. The molecule has 1 atom stereocenters. The van der Waals surface area contributed by atoms with Crippen LogP contribution in [0.25, 0.3) is 70.6 Å². The third-order valence-electron chi connectivity index (χ3n) is 8.40. The van der Waals surface area contributed by atoms with Crippen molar-refractivity contribution in [2.24, 2.45) is 0 Å². The lowest BCUT2D eigenvalue weighted by atomic mass is 10.00. The molecule has 0 bridgehead atoms. The number of nitrogens with zero attached hydrogens (tertiary/aromatic N) is 5. The first-order chi connectivity index (χ1) is 21.8. The molecule has 0 saturated heterocycles. The average molecular weight is 584 g/mol. The fraction of sp³-hybridized carbons (Fsp3) is 0.0526. The van der Waals surface area contributed by atoms with Crippen LogP contribution in [0.5, 0.6) is 0 Å². The number of hydrogen-bond donors (Lipinski definition) is 0. The van der Waals surface area contributed by atoms with Crippen LogP contribution in [0, 0.1) is 0 Å². The molecule has 4 heterocycles. The van der Waals surface area contributed by atoms with Crippen molar-refractivity contribution < 1.29 is 0 Å². The van der Waals surface area contributed by atoms with Crippen LogP contribution < -0.4 is 0 Å². The van der Waals surface area contributed by atoms with Crippen molar-refractivity contribution in [1.29, 1.82) is 0 Å². The molecule has 1 aliphatic rings. The van der Waals surface area contributed by atoms with Crippen LogP contribution in [0.15, 0.2) is 134 Å². The van der Waals surface area contributed by atoms with Crippen molar-refractivity contribution in [1.82, 2.24) is 24.5 Å². The van der Waals surface area contributed by atoms with Gasteiger partial charge in [-0.15, -0.1) is 11.3 Å². The molecular formula is C38H25N5S. The summed E-state index contributed by atoms with van der Waals surface area (Å²) >= 11 is 1.84. The van der Waals surface area contributed by atoms with Gasteiger partial charge in [0.15, 0.2) is 11.6 Å². The number of para-hydroxylation sites is 1. The van der Waals surface area contributed by atoms with E-state index in [1.807, 2.05) is 47.9 Å². The smallest absolute Gasteiger partial charge is 0.165 e. The van der Waals surface area contributed by atoms with Crippen LogP contribution in [0.2, 0.25) is 0 Å². The van der Waals surface area contributed by atoms with Gasteiger partial charge in [0.1, 0.15) is 11.6 Å². The Hall–Kier alpha value is -5.46. The monoisotopic (exact) mass is 583 g/mol. The molecule has 44 heavy (non-hydrogen) atoms. The highest BCUT2D eigenvalue weighted by Crippen LogP contribution is 2.40. The van der Waals surface area contributed by atoms with Crippen LogP contribution in [-0.2, 0) is 0 Å². The molecular weight excluding hydrogens is 559 g/mol. The largest absolute Gasteiger partial charge is 0.294 e. The van der Waals surface area contributed by atoms with E-state index in [1.54, 1.807) is 0 Å². The van der Waals surface area contributed by atoms with E-state index in [9.17, 15) is 0 Å². The predicted molar refractivity (Wildman–Crippen MR) is 181 cm³/mol. The normalized spacial score (nSPS) is 14.8. The molecule has 0 radical (unpaired) electrons. The summed E-state index contributed by atoms with van der Waals surface area (Å²) in [5, 5.41) is 5.05. The van der Waals surface area contributed by atoms with Crippen LogP contribution in [-0.4, -0.2) is 24.5 Å². The van der Waals surface area contributed by atoms with Gasteiger partial charge >= 0.3 is 0 Å². The summed E-state index contributed by atoms with van der Waals surface area (Å²) in [4.78, 5) is 19.7. The first-order valence-electron chi connectivity index (χ1n) is 14.8. The summed E-state index contributed by atoms with van der Waals surface area (Å²) in [6.07, 6.45) is 11.2. The molecule has 208 valence electrons. The van der Waals surface area contributed by atoms with Gasteiger partial charge in [0, 0.05) is 54.2 Å². The fourth-order valence-corrected chi connectivity index (χ4v) is 7.38. The highest BCUT2D eigenvalue weighted by atomic mass is 32.1. The van der Waals surface area contributed by atoms with Crippen LogP contribution in [0.1, 0.15) is 18.2 Å². The molecule has 1 unspecified atom stereocenters. The minimum atomic E-state index is 0.111. The maximum Gasteiger partial charge on any atom is 0.165 e. The molecule has 0 saturated carbocycles. The Kier molecular flexibility index (Phi) is 5.74. The number of rotatable bonds is 4. The van der Waals surface area contributed by atoms with Gasteiger partial charge in [-0.3, -0.25) is 4.57 Å². The van der Waals surface area contributed by atoms with E-state index in [0.29, 0.717) is 11.6 Å². The molecule has 0 aliphatic heterocycles. The van der Waals surface area contributed by atoms with Crippen LogP contribution in [0.3, 0.4) is 0 Å². The van der Waals surface area contributed by atoms with Gasteiger partial charge in [-0.25, -0.2) is 19.9 Å². The summed E-state index contributed by atoms with van der Waals surface area (Å²) in [5.74, 6) is 3.05. The Morgan fingerprint density at radius 2 is 1.41 bits per heavy atom. The summed E-state index contributed by atoms with van der Waals surface area (Å²) in [6.45, 7) is 0. The molecule has 1 aliphatic carbocycles. The van der Waals surface area contributed by atoms with Gasteiger partial charge in [-0.2, -0.15) is 0 Å². The van der Waals surface area contributed by atoms with E-state index < -0.39 is 0 Å². The van der Waals surface area contributed by atoms with Gasteiger partial charge in [0.2, 0.25) is 0 Å². The molecule has 0 amide bonds. The van der Waals surface area contributed by atoms with Crippen molar-refractivity contribution in [2.45, 2.75) is 12.3 Å². The second kappa shape index (κ2) is 10.1. The number of fused-ring (bicyclic) bond motifs is 6. The Balaban J connectivity index is 1.19. The molecule has 0 N–H and O–H groups in total. The lowest BCUT2D eigenvalue weighted by molar-refractivity contribution is 0.764. The van der Waals surface area contributed by atoms with Gasteiger partial charge < -0.3 is 0 Å². The van der Waals surface area contributed by atoms with Crippen molar-refractivity contribution in [3.8, 4) is 28.6 Å². The van der Waals surface area contributed by atoms with E-state index in [-0.39, 0.29) is 5.92 Å². The Labute approximate surface area is 257 Å². The topological polar surface area (TPSA) is 56.5 Å². The maximum atomic E-state index is 5.01. The Morgan fingerprint density at radius 3 is 2.23 bits per heavy atom. The lowest BCUT2D eigenvalue weighted by Gasteiger charge is -2.14. The molecule has 6 heteroatoms. The first-order valence-corrected chi connectivity index (χ1v) is 15.6. The molecule has 4 aromatic carbocycles. The molecule has 9 rings (SSSR count). The zero-order valence-corrected chi connectivity index (χ0v) is 24.4. The third kappa shape index (κ3) is 4.07. The summed E-state index contributed by atoms with van der Waals surface area (Å²) in [5.41, 5.74) is 4.11. The van der Waals surface area contributed by atoms with Gasteiger partial charge in [0.25, 0.3) is 0 Å². The number of hydrogen-bond acceptors (Lipinski definition) is 5. The third-order valence-corrected chi connectivity index (χ3v) is 9.54. The lowest BCUT2D eigenvalue weighted by Crippen LogP contribution is -2.08. The summed E-state index contributed by atoms with van der Waals surface area (Å²) in [7, 11) is 0. The van der Waals surface area contributed by atoms with Crippen molar-refractivity contribution >= 4 is 53.3 Å². The standard InChI is InChI=1S/C38H25N5S/c1-3-11-24(12-4-1)36-40-37(25-13-5-2-6-14-25)42-38(41-36)26-19-20-35(39-23-26)43-31-17-9-7-15-27(31)29-21-30-28-16-8-10-18-33(28)44-34(30)22-32(29)43/h1-13,15-23,25H,14H2. The second-order valence-corrected chi connectivity index (χ2v) is 12.2. The number of allylic oxidation sites excluding steroid dienone is 4. The highest BCUT2D eigenvalue weighted by molar-refractivity contribution is 7.25. The Morgan fingerprint density at radius 1 is 0.614 bits per heavy atom. The fourth-order valence-electron chi connectivity index (χ4n) is 6.26. The quantitative estimate of drug-likeness (QED) is 0.207. The van der Waals surface area contributed by atoms with Crippen molar-refractivity contribution in [3.05, 3.63) is 139 Å². The minimum Gasteiger partial charge on any atom is -0.294 e. The minimum absolute atomic E-state index is 0.111. The van der Waals surface area contributed by atoms with Crippen molar-refractivity contribution in [3.63, 3.8) is 0 Å². The zero-order chi connectivity index (χ0) is 29.0. The van der Waals surface area contributed by atoms with Crippen LogP contribution >= 0.6 is 11.3 Å². The summed E-state index contributed by atoms with van der Waals surface area (Å²) < 4.78 is 4.85. The second-order valence-electron chi connectivity index (χ2n) is 11.1. The average Bonchev–Trinajstić information content (AvgIpc) is 3.62. The van der Waals surface area contributed by atoms with Gasteiger partial charge in [0.05, 0.1) is 11.0 Å². The molecule has 4 aromatic heterocycles. The predicted octanol–water partition coefficient (Wildman–Crippen LogP) is 9.67. The van der Waals surface area contributed by atoms with E-state index in [1.165, 1.54) is 30.9 Å². The SMILES string of the molecule is C1=CCC(c2nc(-c3ccccc3)nc(-c3ccc(-n4c5ccccc5c5cc6c(cc54)sc4ccccc46)nc3)n2)C=C1. The van der Waals surface area contributed by atoms with E-state index in [4.69, 9.17) is 19.9 Å². The van der Waals surface area contributed by atoms with E-state index >= 15 is 0 Å². The molecule has 5 nitrogen and oxygen atoms in total. The number of aromatic nitrogens is 5. The van der Waals surface area contributed by atoms with E-state index in [0.717, 1.165) is 40.2 Å². The summed E-state index contributed by atoms with van der Waals surface area (Å²) in [6, 6.07) is 36.2. The number of pyridine rings is 1. The molecule has 0 fully saturated rings. The van der Waals surface area contributed by atoms with Crippen LogP contribution in [0.4, 0.5) is 0 Å². The zero-order valence-electron chi connectivity index (χ0n) is 23.6. The van der Waals surface area contributed by atoms with Gasteiger partial charge in [-0.1, -0.05) is 91.0 Å². The Bertz CT molecular complexity index is 2420. The molecule has 0 spiro atoms. The molecule has 8 aromatic rings. The number of thiophene rings is 1. The first kappa shape index (κ1) is 25.1. The van der Waals surface area contributed by atoms with Crippen molar-refractivity contribution in [2.75, 3.05) is 0 Å².